The van der Waals surface area contributed by atoms with Gasteiger partial charge in [-0.2, -0.15) is 4.31 Å². The summed E-state index contributed by atoms with van der Waals surface area (Å²) in [4.78, 5) is 17.5. The van der Waals surface area contributed by atoms with Gasteiger partial charge in [0.25, 0.3) is 5.91 Å². The van der Waals surface area contributed by atoms with Crippen molar-refractivity contribution in [3.05, 3.63) is 90.5 Å². The van der Waals surface area contributed by atoms with Crippen LogP contribution in [0.5, 0.6) is 0 Å². The van der Waals surface area contributed by atoms with Gasteiger partial charge in [0.2, 0.25) is 10.0 Å². The zero-order valence-corrected chi connectivity index (χ0v) is 20.3. The molecule has 0 saturated carbocycles. The maximum absolute atomic E-state index is 13.4. The van der Waals surface area contributed by atoms with E-state index in [-0.39, 0.29) is 10.8 Å². The van der Waals surface area contributed by atoms with Crippen molar-refractivity contribution in [2.45, 2.75) is 24.7 Å². The third kappa shape index (κ3) is 5.32. The molecule has 0 atom stereocenters. The molecule has 34 heavy (non-hydrogen) atoms. The van der Waals surface area contributed by atoms with Crippen LogP contribution in [0.4, 0.5) is 11.4 Å². The van der Waals surface area contributed by atoms with E-state index in [2.05, 4.69) is 11.8 Å². The van der Waals surface area contributed by atoms with Crippen LogP contribution in [0.1, 0.15) is 30.1 Å². The fourth-order valence-corrected chi connectivity index (χ4v) is 5.66. The largest absolute Gasteiger partial charge is 0.369 e. The van der Waals surface area contributed by atoms with Gasteiger partial charge in [-0.1, -0.05) is 55.8 Å². The minimum absolute atomic E-state index is 0.162. The van der Waals surface area contributed by atoms with Crippen molar-refractivity contribution in [2.24, 2.45) is 0 Å². The van der Waals surface area contributed by atoms with Gasteiger partial charge in [-0.15, -0.1) is 0 Å². The predicted molar refractivity (Wildman–Crippen MR) is 137 cm³/mol. The lowest BCUT2D eigenvalue weighted by molar-refractivity contribution is 0.0986. The van der Waals surface area contributed by atoms with Gasteiger partial charge < -0.3 is 9.80 Å². The Morgan fingerprint density at radius 1 is 0.853 bits per heavy atom. The highest BCUT2D eigenvalue weighted by molar-refractivity contribution is 7.89. The van der Waals surface area contributed by atoms with Crippen molar-refractivity contribution >= 4 is 27.3 Å². The second-order valence-corrected chi connectivity index (χ2v) is 10.3. The first-order valence-corrected chi connectivity index (χ1v) is 13.2. The first-order chi connectivity index (χ1) is 16.5. The van der Waals surface area contributed by atoms with Crippen LogP contribution in [0.2, 0.25) is 0 Å². The van der Waals surface area contributed by atoms with Gasteiger partial charge in [0.1, 0.15) is 0 Å². The summed E-state index contributed by atoms with van der Waals surface area (Å²) in [7, 11) is -3.70. The number of hydrogen-bond donors (Lipinski definition) is 0. The number of carbonyl (C=O) groups is 1. The average Bonchev–Trinajstić information content (AvgIpc) is 2.90. The summed E-state index contributed by atoms with van der Waals surface area (Å²) in [6.07, 6.45) is 1.82. The van der Waals surface area contributed by atoms with E-state index < -0.39 is 10.0 Å². The molecule has 0 bridgehead atoms. The molecule has 0 radical (unpaired) electrons. The van der Waals surface area contributed by atoms with Gasteiger partial charge in [-0.3, -0.25) is 4.79 Å². The lowest BCUT2D eigenvalue weighted by Crippen LogP contribution is -2.48. The molecular formula is C27H31N3O3S. The van der Waals surface area contributed by atoms with Crippen LogP contribution in [-0.2, 0) is 10.0 Å². The van der Waals surface area contributed by atoms with E-state index in [1.807, 2.05) is 60.7 Å². The predicted octanol–water partition coefficient (Wildman–Crippen LogP) is 4.64. The minimum Gasteiger partial charge on any atom is -0.369 e. The quantitative estimate of drug-likeness (QED) is 0.474. The molecule has 1 aliphatic heterocycles. The molecule has 178 valence electrons. The molecule has 0 N–H and O–H groups in total. The van der Waals surface area contributed by atoms with E-state index >= 15 is 0 Å². The molecule has 3 aromatic carbocycles. The molecule has 1 saturated heterocycles. The standard InChI is InChI=1S/C27H31N3O3S/c1-2-3-17-30(25-14-8-5-9-15-25)27(31)23-11-10-16-26(22-23)34(32,33)29-20-18-28(19-21-29)24-12-6-4-7-13-24/h4-16,22H,2-3,17-21H2,1H3. The first kappa shape index (κ1) is 24.0. The number of piperazine rings is 1. The third-order valence-electron chi connectivity index (χ3n) is 6.13. The number of amides is 1. The van der Waals surface area contributed by atoms with Gasteiger partial charge in [0.15, 0.2) is 0 Å². The molecule has 1 aliphatic rings. The maximum atomic E-state index is 13.4. The van der Waals surface area contributed by atoms with Gasteiger partial charge in [0, 0.05) is 49.7 Å². The number of unbranched alkanes of at least 4 members (excludes halogenated alkanes) is 1. The summed E-state index contributed by atoms with van der Waals surface area (Å²) in [5.41, 5.74) is 2.29. The summed E-state index contributed by atoms with van der Waals surface area (Å²) in [5, 5.41) is 0. The zero-order chi connectivity index (χ0) is 24.0. The Labute approximate surface area is 202 Å². The summed E-state index contributed by atoms with van der Waals surface area (Å²) >= 11 is 0. The Bertz CT molecular complexity index is 1190. The molecule has 6 nitrogen and oxygen atoms in total. The number of rotatable bonds is 8. The number of benzene rings is 3. The van der Waals surface area contributed by atoms with Crippen molar-refractivity contribution in [2.75, 3.05) is 42.5 Å². The van der Waals surface area contributed by atoms with Crippen molar-refractivity contribution in [3.8, 4) is 0 Å². The molecule has 0 aromatic heterocycles. The van der Waals surface area contributed by atoms with Gasteiger partial charge in [-0.25, -0.2) is 8.42 Å². The highest BCUT2D eigenvalue weighted by Gasteiger charge is 2.29. The first-order valence-electron chi connectivity index (χ1n) is 11.8. The van der Waals surface area contributed by atoms with E-state index in [1.54, 1.807) is 23.1 Å². The number of carbonyl (C=O) groups excluding carboxylic acids is 1. The number of para-hydroxylation sites is 2. The Balaban J connectivity index is 1.52. The van der Waals surface area contributed by atoms with E-state index in [4.69, 9.17) is 0 Å². The topological polar surface area (TPSA) is 60.9 Å². The molecular weight excluding hydrogens is 446 g/mol. The molecule has 4 rings (SSSR count). The van der Waals surface area contributed by atoms with Gasteiger partial charge in [0.05, 0.1) is 4.90 Å². The second kappa shape index (κ2) is 10.8. The Morgan fingerprint density at radius 3 is 2.15 bits per heavy atom. The normalized spacial score (nSPS) is 14.7. The fourth-order valence-electron chi connectivity index (χ4n) is 4.19. The van der Waals surface area contributed by atoms with Crippen LogP contribution in [0, 0.1) is 0 Å². The Kier molecular flexibility index (Phi) is 7.65. The monoisotopic (exact) mass is 477 g/mol. The van der Waals surface area contributed by atoms with Crippen LogP contribution in [-0.4, -0.2) is 51.4 Å². The maximum Gasteiger partial charge on any atom is 0.258 e. The number of nitrogens with zero attached hydrogens (tertiary/aromatic N) is 3. The molecule has 1 fully saturated rings. The third-order valence-corrected chi connectivity index (χ3v) is 8.02. The summed E-state index contributed by atoms with van der Waals surface area (Å²) < 4.78 is 28.3. The molecule has 0 aliphatic carbocycles. The highest BCUT2D eigenvalue weighted by atomic mass is 32.2. The molecule has 7 heteroatoms. The number of hydrogen-bond acceptors (Lipinski definition) is 4. The molecule has 3 aromatic rings. The molecule has 0 spiro atoms. The number of sulfonamides is 1. The van der Waals surface area contributed by atoms with E-state index in [0.29, 0.717) is 38.3 Å². The Hall–Kier alpha value is -3.16. The lowest BCUT2D eigenvalue weighted by Gasteiger charge is -2.35. The van der Waals surface area contributed by atoms with E-state index in [1.165, 1.54) is 10.4 Å². The summed E-state index contributed by atoms with van der Waals surface area (Å²) in [6, 6.07) is 26.0. The van der Waals surface area contributed by atoms with Gasteiger partial charge in [-0.05, 0) is 48.9 Å². The minimum atomic E-state index is -3.70. The van der Waals surface area contributed by atoms with Gasteiger partial charge >= 0.3 is 0 Å². The van der Waals surface area contributed by atoms with Crippen molar-refractivity contribution in [1.29, 1.82) is 0 Å². The lowest BCUT2D eigenvalue weighted by atomic mass is 10.1. The summed E-state index contributed by atoms with van der Waals surface area (Å²) in [6.45, 7) is 4.72. The fraction of sp³-hybridized carbons (Fsp3) is 0.296. The smallest absolute Gasteiger partial charge is 0.258 e. The van der Waals surface area contributed by atoms with Crippen molar-refractivity contribution in [1.82, 2.24) is 4.31 Å². The van der Waals surface area contributed by atoms with Crippen LogP contribution in [0.3, 0.4) is 0 Å². The van der Waals surface area contributed by atoms with Crippen LogP contribution in [0.15, 0.2) is 89.8 Å². The van der Waals surface area contributed by atoms with Crippen LogP contribution in [0.25, 0.3) is 0 Å². The SMILES string of the molecule is CCCCN(C(=O)c1cccc(S(=O)(=O)N2CCN(c3ccccc3)CC2)c1)c1ccccc1. The highest BCUT2D eigenvalue weighted by Crippen LogP contribution is 2.24. The van der Waals surface area contributed by atoms with Crippen LogP contribution < -0.4 is 9.80 Å². The molecule has 1 heterocycles. The van der Waals surface area contributed by atoms with Crippen LogP contribution >= 0.6 is 0 Å². The summed E-state index contributed by atoms with van der Waals surface area (Å²) in [5.74, 6) is -0.189. The zero-order valence-electron chi connectivity index (χ0n) is 19.5. The average molecular weight is 478 g/mol. The Morgan fingerprint density at radius 2 is 1.50 bits per heavy atom. The molecule has 1 amide bonds. The van der Waals surface area contributed by atoms with E-state index in [0.717, 1.165) is 24.2 Å². The van der Waals surface area contributed by atoms with Crippen molar-refractivity contribution < 1.29 is 13.2 Å². The van der Waals surface area contributed by atoms with E-state index in [9.17, 15) is 13.2 Å². The van der Waals surface area contributed by atoms with Crippen molar-refractivity contribution in [3.63, 3.8) is 0 Å². The number of anilines is 2. The second-order valence-electron chi connectivity index (χ2n) is 8.40. The molecule has 0 unspecified atom stereocenters.